The number of hydrogen-bond acceptors (Lipinski definition) is 10. The number of Topliss-reactive ketones (excluding diaryl/α,β-unsaturated/α-hetero) is 4. The molecule has 6 rings (SSSR count). The summed E-state index contributed by atoms with van der Waals surface area (Å²) in [7, 11) is 1.41. The number of amides is 1. The Morgan fingerprint density at radius 3 is 2.32 bits per heavy atom. The van der Waals surface area contributed by atoms with Crippen molar-refractivity contribution in [1.29, 1.82) is 0 Å². The number of aromatic hydroxyl groups is 1. The van der Waals surface area contributed by atoms with Gasteiger partial charge in [-0.05, 0) is 73.0 Å². The monoisotopic (exact) mass is 602 g/mol. The molecule has 2 aromatic carbocycles. The van der Waals surface area contributed by atoms with Crippen molar-refractivity contribution < 1.29 is 43.7 Å². The average Bonchev–Trinajstić information content (AvgIpc) is 2.99. The van der Waals surface area contributed by atoms with Gasteiger partial charge in [0, 0.05) is 18.9 Å². The number of carbonyl (C=O) groups is 6. The van der Waals surface area contributed by atoms with Crippen molar-refractivity contribution in [2.75, 3.05) is 20.2 Å². The largest absolute Gasteiger partial charge is 0.507 e. The summed E-state index contributed by atoms with van der Waals surface area (Å²) in [5, 5.41) is 22.1. The van der Waals surface area contributed by atoms with Gasteiger partial charge in [0.25, 0.3) is 0 Å². The number of likely N-dealkylation sites (tertiary alicyclic amines) is 1. The number of methoxy groups -OCH3 is 1. The normalized spacial score (nSPS) is 29.0. The van der Waals surface area contributed by atoms with E-state index in [1.54, 1.807) is 6.07 Å². The highest BCUT2D eigenvalue weighted by Crippen LogP contribution is 2.51. The summed E-state index contributed by atoms with van der Waals surface area (Å²) in [6.45, 7) is 2.28. The minimum Gasteiger partial charge on any atom is -0.507 e. The summed E-state index contributed by atoms with van der Waals surface area (Å²) < 4.78 is 4.87. The van der Waals surface area contributed by atoms with E-state index in [4.69, 9.17) is 10.5 Å². The van der Waals surface area contributed by atoms with Gasteiger partial charge in [0.2, 0.25) is 5.91 Å². The predicted octanol–water partition coefficient (Wildman–Crippen LogP) is 1.38. The van der Waals surface area contributed by atoms with Crippen LogP contribution in [0, 0.1) is 29.6 Å². The van der Waals surface area contributed by atoms with E-state index in [0.29, 0.717) is 17.7 Å². The molecular formula is C33H34N2O9. The quantitative estimate of drug-likeness (QED) is 0.334. The lowest BCUT2D eigenvalue weighted by molar-refractivity contribution is -0.175. The van der Waals surface area contributed by atoms with Crippen molar-refractivity contribution in [3.05, 3.63) is 53.1 Å². The van der Waals surface area contributed by atoms with E-state index in [-0.39, 0.29) is 42.5 Å². The molecule has 44 heavy (non-hydrogen) atoms. The third-order valence-corrected chi connectivity index (χ3v) is 10.1. The molecule has 0 bridgehead atoms. The van der Waals surface area contributed by atoms with Crippen LogP contribution in [0.2, 0.25) is 0 Å². The second kappa shape index (κ2) is 11.0. The molecule has 1 aliphatic heterocycles. The Morgan fingerprint density at radius 1 is 1.00 bits per heavy atom. The Labute approximate surface area is 253 Å². The van der Waals surface area contributed by atoms with Crippen LogP contribution in [-0.2, 0) is 41.7 Å². The van der Waals surface area contributed by atoms with Crippen molar-refractivity contribution in [2.24, 2.45) is 35.3 Å². The van der Waals surface area contributed by atoms with E-state index < -0.39 is 58.3 Å². The number of hydrogen-bond donors (Lipinski definition) is 3. The first-order chi connectivity index (χ1) is 20.9. The van der Waals surface area contributed by atoms with Crippen LogP contribution in [0.3, 0.4) is 0 Å². The zero-order chi connectivity index (χ0) is 31.5. The van der Waals surface area contributed by atoms with Gasteiger partial charge in [0.1, 0.15) is 5.75 Å². The lowest BCUT2D eigenvalue weighted by Crippen LogP contribution is -2.68. The minimum atomic E-state index is -2.67. The lowest BCUT2D eigenvalue weighted by atomic mass is 9.53. The van der Waals surface area contributed by atoms with Crippen LogP contribution in [0.25, 0.3) is 11.1 Å². The molecule has 4 aliphatic rings. The second-order valence-corrected chi connectivity index (χ2v) is 12.5. The lowest BCUT2D eigenvalue weighted by Gasteiger charge is -2.48. The Morgan fingerprint density at radius 2 is 1.68 bits per heavy atom. The highest BCUT2D eigenvalue weighted by atomic mass is 16.5. The fourth-order valence-electron chi connectivity index (χ4n) is 7.78. The van der Waals surface area contributed by atoms with E-state index in [9.17, 15) is 39.0 Å². The van der Waals surface area contributed by atoms with Crippen LogP contribution < -0.4 is 5.73 Å². The molecule has 4 N–H and O–H groups in total. The van der Waals surface area contributed by atoms with Crippen molar-refractivity contribution in [3.8, 4) is 16.9 Å². The number of rotatable bonds is 5. The number of aliphatic hydroxyl groups is 1. The van der Waals surface area contributed by atoms with Gasteiger partial charge in [0.15, 0.2) is 34.7 Å². The summed E-state index contributed by atoms with van der Waals surface area (Å²) in [4.78, 5) is 79.2. The van der Waals surface area contributed by atoms with Crippen LogP contribution in [-0.4, -0.2) is 75.9 Å². The molecule has 2 saturated carbocycles. The van der Waals surface area contributed by atoms with E-state index in [1.165, 1.54) is 13.2 Å². The summed E-state index contributed by atoms with van der Waals surface area (Å²) in [5.41, 5.74) is 5.72. The van der Waals surface area contributed by atoms with Gasteiger partial charge < -0.3 is 20.7 Å². The van der Waals surface area contributed by atoms with Crippen LogP contribution in [0.15, 0.2) is 36.4 Å². The van der Waals surface area contributed by atoms with E-state index in [2.05, 4.69) is 4.90 Å². The van der Waals surface area contributed by atoms with Crippen molar-refractivity contribution in [1.82, 2.24) is 4.90 Å². The highest BCUT2D eigenvalue weighted by Gasteiger charge is 2.66. The molecule has 11 nitrogen and oxygen atoms in total. The number of fused-ring (bicyclic) bond motifs is 3. The van der Waals surface area contributed by atoms with Crippen molar-refractivity contribution in [2.45, 2.75) is 44.2 Å². The number of primary amides is 1. The molecule has 5 atom stereocenters. The van der Waals surface area contributed by atoms with Crippen molar-refractivity contribution in [3.63, 3.8) is 0 Å². The number of ether oxygens (including phenoxy) is 1. The third-order valence-electron chi connectivity index (χ3n) is 10.1. The number of piperidine rings is 1. The highest BCUT2D eigenvalue weighted by molar-refractivity contribution is 6.31. The molecular weight excluding hydrogens is 568 g/mol. The second-order valence-electron chi connectivity index (χ2n) is 12.5. The molecule has 3 aliphatic carbocycles. The molecule has 2 aromatic rings. The van der Waals surface area contributed by atoms with Gasteiger partial charge in [0.05, 0.1) is 24.5 Å². The first kappa shape index (κ1) is 29.8. The summed E-state index contributed by atoms with van der Waals surface area (Å²) in [6, 6.07) is 11.0. The van der Waals surface area contributed by atoms with Crippen LogP contribution in [0.4, 0.5) is 0 Å². The first-order valence-corrected chi connectivity index (χ1v) is 14.9. The Kier molecular flexibility index (Phi) is 7.49. The van der Waals surface area contributed by atoms with Gasteiger partial charge in [-0.15, -0.1) is 0 Å². The molecule has 0 spiro atoms. The summed E-state index contributed by atoms with van der Waals surface area (Å²) >= 11 is 0. The molecule has 1 saturated heterocycles. The zero-order valence-electron chi connectivity index (χ0n) is 24.3. The fourth-order valence-corrected chi connectivity index (χ4v) is 7.78. The standard InChI is InChI=1S/C33H34N2O9/c1-44-32(42)18-8-10-35(11-9-18)15-16-2-4-17(5-3-16)21-6-7-23(36)26-22(21)13-19-12-20-14-24(37)27(31(34)41)30(40)33(20,43)29(39)25(19)28(26)38/h2-7,18-20,25,27,36,43H,8-15H2,1H3,(H2,34,41)/t19-,20+,25?,27?,33+/m1/s1. The number of nitrogens with zero attached hydrogens (tertiary/aromatic N) is 1. The molecule has 11 heteroatoms. The van der Waals surface area contributed by atoms with Gasteiger partial charge in [-0.2, -0.15) is 0 Å². The summed E-state index contributed by atoms with van der Waals surface area (Å²) in [5.74, 6) is -10.5. The van der Waals surface area contributed by atoms with Crippen LogP contribution >= 0.6 is 0 Å². The predicted molar refractivity (Wildman–Crippen MR) is 154 cm³/mol. The topological polar surface area (TPSA) is 181 Å². The molecule has 0 radical (unpaired) electrons. The smallest absolute Gasteiger partial charge is 0.308 e. The molecule has 2 unspecified atom stereocenters. The average molecular weight is 603 g/mol. The number of ketones is 4. The molecule has 0 aromatic heterocycles. The number of phenolic OH excluding ortho intramolecular Hbond substituents is 1. The van der Waals surface area contributed by atoms with Crippen LogP contribution in [0.1, 0.15) is 47.2 Å². The van der Waals surface area contributed by atoms with Crippen LogP contribution in [0.5, 0.6) is 5.75 Å². The van der Waals surface area contributed by atoms with Gasteiger partial charge in [-0.25, -0.2) is 0 Å². The third kappa shape index (κ3) is 4.66. The minimum absolute atomic E-state index is 0.0255. The SMILES string of the molecule is COC(=O)C1CCN(Cc2ccc(-c3ccc(O)c4c3C[C@H]3C[C@H]5CC(=O)C(C(N)=O)C(=O)[C@@]5(O)C(=O)C3C4=O)cc2)CC1. The molecule has 230 valence electrons. The van der Waals surface area contributed by atoms with Gasteiger partial charge in [-0.3, -0.25) is 33.7 Å². The van der Waals surface area contributed by atoms with E-state index in [1.807, 2.05) is 24.3 Å². The van der Waals surface area contributed by atoms with Crippen molar-refractivity contribution >= 4 is 35.0 Å². The maximum absolute atomic E-state index is 13.8. The zero-order valence-corrected chi connectivity index (χ0v) is 24.3. The van der Waals surface area contributed by atoms with Gasteiger partial charge in [-0.1, -0.05) is 30.3 Å². The molecule has 3 fully saturated rings. The number of benzene rings is 2. The maximum Gasteiger partial charge on any atom is 0.308 e. The molecule has 1 heterocycles. The van der Waals surface area contributed by atoms with Gasteiger partial charge >= 0.3 is 5.97 Å². The number of phenols is 1. The summed E-state index contributed by atoms with van der Waals surface area (Å²) in [6.07, 6.45) is 1.37. The molecule has 1 amide bonds. The Balaban J connectivity index is 1.26. The van der Waals surface area contributed by atoms with E-state index in [0.717, 1.165) is 37.1 Å². The number of esters is 1. The fraction of sp³-hybridized carbons (Fsp3) is 0.455. The maximum atomic E-state index is 13.8. The van der Waals surface area contributed by atoms with E-state index >= 15 is 0 Å². The Hall–Kier alpha value is -4.22. The number of nitrogens with two attached hydrogens (primary N) is 1. The number of carbonyl (C=O) groups excluding carboxylic acids is 6. The Bertz CT molecular complexity index is 1590. The first-order valence-electron chi connectivity index (χ1n) is 14.9.